The largest absolute Gasteiger partial charge is 0.428 e. The second-order valence-electron chi connectivity index (χ2n) is 7.62. The molecule has 1 unspecified atom stereocenters. The number of esters is 1. The summed E-state index contributed by atoms with van der Waals surface area (Å²) in [6.45, 7) is 8.22. The van der Waals surface area contributed by atoms with E-state index >= 15 is 0 Å². The summed E-state index contributed by atoms with van der Waals surface area (Å²) < 4.78 is 11.7. The van der Waals surface area contributed by atoms with Crippen LogP contribution in [0.2, 0.25) is 0 Å². The number of carbonyl (C=O) groups excluding carboxylic acids is 2. The lowest BCUT2D eigenvalue weighted by molar-refractivity contribution is -0.157. The summed E-state index contributed by atoms with van der Waals surface area (Å²) in [5.41, 5.74) is 3.02. The molecule has 1 aromatic carbocycles. The molecule has 0 bridgehead atoms. The van der Waals surface area contributed by atoms with Gasteiger partial charge < -0.3 is 14.4 Å². The Labute approximate surface area is 161 Å². The highest BCUT2D eigenvalue weighted by Gasteiger charge is 2.19. The minimum atomic E-state index is -0.551. The SMILES string of the molecule is Cc1ccc2c(c1)c(CCN(C)C)cn2C(=O)OCOC(=O)C(C)C(C)C. The van der Waals surface area contributed by atoms with E-state index in [9.17, 15) is 9.59 Å². The molecule has 1 atom stereocenters. The third-order valence-corrected chi connectivity index (χ3v) is 4.82. The van der Waals surface area contributed by atoms with Crippen molar-refractivity contribution in [2.45, 2.75) is 34.1 Å². The van der Waals surface area contributed by atoms with Gasteiger partial charge >= 0.3 is 12.1 Å². The minimum absolute atomic E-state index is 0.170. The van der Waals surface area contributed by atoms with Crippen LogP contribution in [0.1, 0.15) is 31.9 Å². The van der Waals surface area contributed by atoms with E-state index in [4.69, 9.17) is 9.47 Å². The molecule has 27 heavy (non-hydrogen) atoms. The lowest BCUT2D eigenvalue weighted by Gasteiger charge is -2.14. The van der Waals surface area contributed by atoms with E-state index in [2.05, 4.69) is 11.0 Å². The van der Waals surface area contributed by atoms with Crippen LogP contribution in [0.3, 0.4) is 0 Å². The van der Waals surface area contributed by atoms with Gasteiger partial charge in [-0.3, -0.25) is 9.36 Å². The Balaban J connectivity index is 2.12. The molecule has 0 radical (unpaired) electrons. The standard InChI is InChI=1S/C21H30N2O4/c1-14(2)16(4)20(24)26-13-27-21(25)23-12-17(9-10-22(5)6)18-11-15(3)7-8-19(18)23/h7-8,11-12,14,16H,9-10,13H2,1-6H3. The van der Waals surface area contributed by atoms with Gasteiger partial charge in [0, 0.05) is 18.1 Å². The number of hydrogen-bond donors (Lipinski definition) is 0. The quantitative estimate of drug-likeness (QED) is 0.544. The molecule has 0 saturated carbocycles. The number of benzene rings is 1. The normalized spacial score (nSPS) is 12.6. The molecule has 0 N–H and O–H groups in total. The molecular formula is C21H30N2O4. The second kappa shape index (κ2) is 9.04. The highest BCUT2D eigenvalue weighted by Crippen LogP contribution is 2.24. The van der Waals surface area contributed by atoms with E-state index in [-0.39, 0.29) is 24.6 Å². The molecule has 0 aliphatic rings. The average Bonchev–Trinajstić information content (AvgIpc) is 2.96. The fourth-order valence-electron chi connectivity index (χ4n) is 2.72. The topological polar surface area (TPSA) is 60.8 Å². The van der Waals surface area contributed by atoms with Gasteiger partial charge in [0.25, 0.3) is 0 Å². The van der Waals surface area contributed by atoms with Crippen molar-refractivity contribution in [2.24, 2.45) is 11.8 Å². The molecule has 0 fully saturated rings. The van der Waals surface area contributed by atoms with E-state index < -0.39 is 6.09 Å². The summed E-state index contributed by atoms with van der Waals surface area (Å²) in [5.74, 6) is -0.432. The predicted molar refractivity (Wildman–Crippen MR) is 106 cm³/mol. The number of fused-ring (bicyclic) bond motifs is 1. The van der Waals surface area contributed by atoms with Crippen LogP contribution in [-0.2, 0) is 20.7 Å². The third-order valence-electron chi connectivity index (χ3n) is 4.82. The van der Waals surface area contributed by atoms with Gasteiger partial charge in [-0.05, 0) is 51.1 Å². The van der Waals surface area contributed by atoms with Crippen molar-refractivity contribution in [3.05, 3.63) is 35.5 Å². The molecule has 6 nitrogen and oxygen atoms in total. The van der Waals surface area contributed by atoms with Gasteiger partial charge in [0.15, 0.2) is 0 Å². The van der Waals surface area contributed by atoms with Gasteiger partial charge in [-0.25, -0.2) is 4.79 Å². The monoisotopic (exact) mass is 374 g/mol. The summed E-state index contributed by atoms with van der Waals surface area (Å²) in [4.78, 5) is 26.5. The Hall–Kier alpha value is -2.34. The average molecular weight is 374 g/mol. The second-order valence-corrected chi connectivity index (χ2v) is 7.62. The zero-order chi connectivity index (χ0) is 20.1. The van der Waals surface area contributed by atoms with Crippen LogP contribution in [0.25, 0.3) is 10.9 Å². The number of rotatable bonds is 7. The Morgan fingerprint density at radius 1 is 1.15 bits per heavy atom. The molecular weight excluding hydrogens is 344 g/mol. The van der Waals surface area contributed by atoms with Gasteiger partial charge in [0.2, 0.25) is 6.79 Å². The van der Waals surface area contributed by atoms with Gasteiger partial charge in [-0.2, -0.15) is 0 Å². The first-order valence-corrected chi connectivity index (χ1v) is 9.29. The van der Waals surface area contributed by atoms with Crippen molar-refractivity contribution in [3.63, 3.8) is 0 Å². The van der Waals surface area contributed by atoms with E-state index in [0.29, 0.717) is 0 Å². The zero-order valence-corrected chi connectivity index (χ0v) is 17.1. The summed E-state index contributed by atoms with van der Waals surface area (Å²) in [7, 11) is 4.04. The maximum absolute atomic E-state index is 12.5. The number of hydrogen-bond acceptors (Lipinski definition) is 5. The number of ether oxygens (including phenoxy) is 2. The molecule has 2 rings (SSSR count). The highest BCUT2D eigenvalue weighted by atomic mass is 16.7. The summed E-state index contributed by atoms with van der Waals surface area (Å²) in [5, 5.41) is 1.04. The Kier molecular flexibility index (Phi) is 7.02. The van der Waals surface area contributed by atoms with Crippen LogP contribution in [0.5, 0.6) is 0 Å². The molecule has 1 aromatic heterocycles. The minimum Gasteiger partial charge on any atom is -0.428 e. The highest BCUT2D eigenvalue weighted by molar-refractivity contribution is 5.92. The molecule has 0 amide bonds. The smallest absolute Gasteiger partial charge is 0.421 e. The van der Waals surface area contributed by atoms with E-state index in [1.165, 1.54) is 4.57 Å². The lowest BCUT2D eigenvalue weighted by Crippen LogP contribution is -2.23. The zero-order valence-electron chi connectivity index (χ0n) is 17.1. The summed E-state index contributed by atoms with van der Waals surface area (Å²) in [6, 6.07) is 5.96. The molecule has 0 spiro atoms. The molecule has 0 aliphatic heterocycles. The number of nitrogens with zero attached hydrogens (tertiary/aromatic N) is 2. The number of aromatic nitrogens is 1. The van der Waals surface area contributed by atoms with Crippen molar-refractivity contribution < 1.29 is 19.1 Å². The first kappa shape index (κ1) is 21.0. The van der Waals surface area contributed by atoms with Crippen molar-refractivity contribution in [3.8, 4) is 0 Å². The maximum Gasteiger partial charge on any atom is 0.421 e. The molecule has 1 heterocycles. The fourth-order valence-corrected chi connectivity index (χ4v) is 2.72. The van der Waals surface area contributed by atoms with Crippen molar-refractivity contribution in [1.29, 1.82) is 0 Å². The van der Waals surface area contributed by atoms with Crippen LogP contribution in [-0.4, -0.2) is 49.0 Å². The van der Waals surface area contributed by atoms with E-state index in [1.54, 1.807) is 6.92 Å². The lowest BCUT2D eigenvalue weighted by atomic mass is 9.99. The van der Waals surface area contributed by atoms with Gasteiger partial charge in [0.1, 0.15) is 0 Å². The van der Waals surface area contributed by atoms with Crippen LogP contribution in [0.4, 0.5) is 4.79 Å². The van der Waals surface area contributed by atoms with Crippen molar-refractivity contribution in [1.82, 2.24) is 9.47 Å². The molecule has 6 heteroatoms. The van der Waals surface area contributed by atoms with E-state index in [1.807, 2.05) is 53.2 Å². The Bertz CT molecular complexity index is 808. The molecule has 148 valence electrons. The van der Waals surface area contributed by atoms with Crippen molar-refractivity contribution in [2.75, 3.05) is 27.4 Å². The number of likely N-dealkylation sites (N-methyl/N-ethyl adjacent to an activating group) is 1. The van der Waals surface area contributed by atoms with Crippen molar-refractivity contribution >= 4 is 23.0 Å². The first-order chi connectivity index (χ1) is 12.7. The van der Waals surface area contributed by atoms with Gasteiger partial charge in [0.05, 0.1) is 11.4 Å². The van der Waals surface area contributed by atoms with Crippen LogP contribution < -0.4 is 0 Å². The summed E-state index contributed by atoms with van der Waals surface area (Å²) >= 11 is 0. The predicted octanol–water partition coefficient (Wildman–Crippen LogP) is 3.83. The van der Waals surface area contributed by atoms with Gasteiger partial charge in [-0.15, -0.1) is 0 Å². The Morgan fingerprint density at radius 3 is 2.48 bits per heavy atom. The van der Waals surface area contributed by atoms with Crippen LogP contribution in [0, 0.1) is 18.8 Å². The third kappa shape index (κ3) is 5.32. The maximum atomic E-state index is 12.5. The van der Waals surface area contributed by atoms with Crippen LogP contribution >= 0.6 is 0 Å². The molecule has 0 saturated heterocycles. The van der Waals surface area contributed by atoms with E-state index in [0.717, 1.165) is 35.0 Å². The molecule has 0 aliphatic carbocycles. The summed E-state index contributed by atoms with van der Waals surface area (Å²) in [6.07, 6.45) is 2.09. The Morgan fingerprint density at radius 2 is 1.85 bits per heavy atom. The number of carbonyl (C=O) groups is 2. The van der Waals surface area contributed by atoms with Gasteiger partial charge in [-0.1, -0.05) is 32.4 Å². The first-order valence-electron chi connectivity index (χ1n) is 9.29. The number of aryl methyl sites for hydroxylation is 1. The van der Waals surface area contributed by atoms with Crippen LogP contribution in [0.15, 0.2) is 24.4 Å². The fraction of sp³-hybridized carbons (Fsp3) is 0.524. The molecule has 2 aromatic rings.